The fraction of sp³-hybridized carbons (Fsp3) is 0.333. The minimum absolute atomic E-state index is 0.140. The van der Waals surface area contributed by atoms with Crippen molar-refractivity contribution in [3.8, 4) is 11.5 Å². The Morgan fingerprint density at radius 2 is 1.87 bits per heavy atom. The standard InChI is InChI=1S/C18H23N3O2/c1-3-18(4-2,13-19)21-17(22)14-6-5-7-16(12-14)23-15-8-10-20-11-9-15/h5-12H,3-4,13,19H2,1-2H3,(H,21,22). The smallest absolute Gasteiger partial charge is 0.251 e. The molecule has 1 heterocycles. The SMILES string of the molecule is CCC(CC)(CN)NC(=O)c1cccc(Oc2ccncc2)c1. The van der Waals surface area contributed by atoms with Gasteiger partial charge < -0.3 is 15.8 Å². The van der Waals surface area contributed by atoms with Gasteiger partial charge in [-0.25, -0.2) is 0 Å². The molecule has 1 aromatic heterocycles. The fourth-order valence-corrected chi connectivity index (χ4v) is 2.32. The molecule has 0 aliphatic heterocycles. The van der Waals surface area contributed by atoms with Gasteiger partial charge in [-0.2, -0.15) is 0 Å². The number of nitrogens with zero attached hydrogens (tertiary/aromatic N) is 1. The molecule has 0 saturated carbocycles. The van der Waals surface area contributed by atoms with Gasteiger partial charge in [0.2, 0.25) is 0 Å². The van der Waals surface area contributed by atoms with Crippen molar-refractivity contribution in [2.24, 2.45) is 5.73 Å². The van der Waals surface area contributed by atoms with Crippen LogP contribution in [0.15, 0.2) is 48.8 Å². The lowest BCUT2D eigenvalue weighted by molar-refractivity contribution is 0.0895. The van der Waals surface area contributed by atoms with Gasteiger partial charge in [0, 0.05) is 24.5 Å². The normalized spacial score (nSPS) is 11.1. The van der Waals surface area contributed by atoms with Crippen LogP contribution in [0.4, 0.5) is 0 Å². The summed E-state index contributed by atoms with van der Waals surface area (Å²) in [6, 6.07) is 10.6. The van der Waals surface area contributed by atoms with Crippen LogP contribution in [-0.2, 0) is 0 Å². The van der Waals surface area contributed by atoms with Crippen molar-refractivity contribution in [3.63, 3.8) is 0 Å². The minimum Gasteiger partial charge on any atom is -0.457 e. The molecule has 1 aromatic carbocycles. The van der Waals surface area contributed by atoms with Gasteiger partial charge in [-0.1, -0.05) is 19.9 Å². The number of nitrogens with two attached hydrogens (primary N) is 1. The molecule has 0 saturated heterocycles. The average Bonchev–Trinajstić information content (AvgIpc) is 2.61. The highest BCUT2D eigenvalue weighted by Gasteiger charge is 2.26. The van der Waals surface area contributed by atoms with E-state index in [1.807, 2.05) is 19.9 Å². The van der Waals surface area contributed by atoms with Crippen LogP contribution in [0.2, 0.25) is 0 Å². The number of pyridine rings is 1. The zero-order chi connectivity index (χ0) is 16.7. The van der Waals surface area contributed by atoms with Crippen LogP contribution in [0.5, 0.6) is 11.5 Å². The summed E-state index contributed by atoms with van der Waals surface area (Å²) in [6.07, 6.45) is 4.89. The summed E-state index contributed by atoms with van der Waals surface area (Å²) in [5.74, 6) is 1.14. The molecule has 5 heteroatoms. The van der Waals surface area contributed by atoms with E-state index >= 15 is 0 Å². The first-order chi connectivity index (χ1) is 11.1. The minimum atomic E-state index is -0.362. The van der Waals surface area contributed by atoms with Crippen molar-refractivity contribution in [3.05, 3.63) is 54.4 Å². The van der Waals surface area contributed by atoms with Gasteiger partial charge >= 0.3 is 0 Å². The highest BCUT2D eigenvalue weighted by Crippen LogP contribution is 2.22. The Balaban J connectivity index is 2.14. The molecule has 1 amide bonds. The van der Waals surface area contributed by atoms with Crippen LogP contribution < -0.4 is 15.8 Å². The van der Waals surface area contributed by atoms with Gasteiger partial charge in [0.25, 0.3) is 5.91 Å². The molecular formula is C18H23N3O2. The van der Waals surface area contributed by atoms with Gasteiger partial charge in [0.15, 0.2) is 0 Å². The van der Waals surface area contributed by atoms with Gasteiger partial charge in [0.1, 0.15) is 11.5 Å². The van der Waals surface area contributed by atoms with Crippen molar-refractivity contribution in [1.29, 1.82) is 0 Å². The third kappa shape index (κ3) is 4.29. The summed E-state index contributed by atoms with van der Waals surface area (Å²) in [6.45, 7) is 4.47. The number of carbonyl (C=O) groups excluding carboxylic acids is 1. The summed E-state index contributed by atoms with van der Waals surface area (Å²) < 4.78 is 5.73. The summed E-state index contributed by atoms with van der Waals surface area (Å²) in [4.78, 5) is 16.5. The third-order valence-corrected chi connectivity index (χ3v) is 4.10. The van der Waals surface area contributed by atoms with Gasteiger partial charge in [0.05, 0.1) is 5.54 Å². The zero-order valence-electron chi connectivity index (χ0n) is 13.6. The molecule has 122 valence electrons. The molecule has 5 nitrogen and oxygen atoms in total. The first kappa shape index (κ1) is 17.0. The molecule has 0 spiro atoms. The first-order valence-corrected chi connectivity index (χ1v) is 7.83. The Bertz CT molecular complexity index is 631. The lowest BCUT2D eigenvalue weighted by Gasteiger charge is -2.31. The van der Waals surface area contributed by atoms with Crippen LogP contribution in [0.1, 0.15) is 37.0 Å². The highest BCUT2D eigenvalue weighted by molar-refractivity contribution is 5.95. The molecular weight excluding hydrogens is 290 g/mol. The van der Waals surface area contributed by atoms with Gasteiger partial charge in [-0.05, 0) is 43.2 Å². The largest absolute Gasteiger partial charge is 0.457 e. The predicted octanol–water partition coefficient (Wildman–Crippen LogP) is 3.12. The molecule has 2 aromatic rings. The Labute approximate surface area is 136 Å². The van der Waals surface area contributed by atoms with E-state index in [1.54, 1.807) is 42.7 Å². The van der Waals surface area contributed by atoms with E-state index in [1.165, 1.54) is 0 Å². The van der Waals surface area contributed by atoms with Crippen LogP contribution in [0.3, 0.4) is 0 Å². The molecule has 0 unspecified atom stereocenters. The number of nitrogens with one attached hydrogen (secondary N) is 1. The second-order valence-electron chi connectivity index (χ2n) is 5.46. The molecule has 2 rings (SSSR count). The number of benzene rings is 1. The number of aromatic nitrogens is 1. The maximum atomic E-state index is 12.5. The summed E-state index contributed by atoms with van der Waals surface area (Å²) in [5.41, 5.74) is 6.03. The van der Waals surface area contributed by atoms with Gasteiger partial charge in [-0.15, -0.1) is 0 Å². The highest BCUT2D eigenvalue weighted by atomic mass is 16.5. The lowest BCUT2D eigenvalue weighted by Crippen LogP contribution is -2.52. The maximum Gasteiger partial charge on any atom is 0.251 e. The number of rotatable bonds is 7. The van der Waals surface area contributed by atoms with Crippen LogP contribution in [0.25, 0.3) is 0 Å². The number of hydrogen-bond acceptors (Lipinski definition) is 4. The van der Waals surface area contributed by atoms with E-state index in [9.17, 15) is 4.79 Å². The Morgan fingerprint density at radius 1 is 1.17 bits per heavy atom. The van der Waals surface area contributed by atoms with Crippen molar-refractivity contribution in [2.75, 3.05) is 6.54 Å². The van der Waals surface area contributed by atoms with Crippen molar-refractivity contribution in [2.45, 2.75) is 32.2 Å². The second kappa shape index (κ2) is 7.74. The van der Waals surface area contributed by atoms with E-state index in [4.69, 9.17) is 10.5 Å². The fourth-order valence-electron chi connectivity index (χ4n) is 2.32. The van der Waals surface area contributed by atoms with E-state index in [2.05, 4.69) is 10.3 Å². The molecule has 0 bridgehead atoms. The van der Waals surface area contributed by atoms with Crippen molar-refractivity contribution in [1.82, 2.24) is 10.3 Å². The monoisotopic (exact) mass is 313 g/mol. The molecule has 3 N–H and O–H groups in total. The lowest BCUT2D eigenvalue weighted by atomic mass is 9.92. The number of ether oxygens (including phenoxy) is 1. The van der Waals surface area contributed by atoms with Crippen LogP contribution in [-0.4, -0.2) is 23.0 Å². The van der Waals surface area contributed by atoms with E-state index in [0.29, 0.717) is 23.6 Å². The Kier molecular flexibility index (Phi) is 5.71. The number of amides is 1. The van der Waals surface area contributed by atoms with Crippen LogP contribution in [0, 0.1) is 0 Å². The van der Waals surface area contributed by atoms with Gasteiger partial charge in [-0.3, -0.25) is 9.78 Å². The topological polar surface area (TPSA) is 77.2 Å². The maximum absolute atomic E-state index is 12.5. The second-order valence-corrected chi connectivity index (χ2v) is 5.46. The predicted molar refractivity (Wildman–Crippen MR) is 90.6 cm³/mol. The summed E-state index contributed by atoms with van der Waals surface area (Å²) in [5, 5.41) is 3.06. The third-order valence-electron chi connectivity index (χ3n) is 4.10. The van der Waals surface area contributed by atoms with E-state index < -0.39 is 0 Å². The number of hydrogen-bond donors (Lipinski definition) is 2. The average molecular weight is 313 g/mol. The zero-order valence-corrected chi connectivity index (χ0v) is 13.6. The van der Waals surface area contributed by atoms with E-state index in [0.717, 1.165) is 12.8 Å². The summed E-state index contributed by atoms with van der Waals surface area (Å²) in [7, 11) is 0. The molecule has 0 atom stereocenters. The number of carbonyl (C=O) groups is 1. The molecule has 0 radical (unpaired) electrons. The molecule has 0 aliphatic carbocycles. The van der Waals surface area contributed by atoms with E-state index in [-0.39, 0.29) is 11.4 Å². The van der Waals surface area contributed by atoms with Crippen LogP contribution >= 0.6 is 0 Å². The Hall–Kier alpha value is -2.40. The quantitative estimate of drug-likeness (QED) is 0.823. The van der Waals surface area contributed by atoms with Crippen molar-refractivity contribution < 1.29 is 9.53 Å². The molecule has 0 aliphatic rings. The first-order valence-electron chi connectivity index (χ1n) is 7.83. The summed E-state index contributed by atoms with van der Waals surface area (Å²) >= 11 is 0. The molecule has 0 fully saturated rings. The Morgan fingerprint density at radius 3 is 2.48 bits per heavy atom. The molecule has 23 heavy (non-hydrogen) atoms. The van der Waals surface area contributed by atoms with Crippen molar-refractivity contribution >= 4 is 5.91 Å².